The van der Waals surface area contributed by atoms with Crippen LogP contribution in [-0.4, -0.2) is 16.7 Å². The number of aromatic nitrogens is 2. The summed E-state index contributed by atoms with van der Waals surface area (Å²) in [5.74, 6) is 1.94. The highest BCUT2D eigenvalue weighted by atomic mass is 16.5. The highest BCUT2D eigenvalue weighted by Crippen LogP contribution is 2.34. The molecule has 4 nitrogen and oxygen atoms in total. The first-order valence-corrected chi connectivity index (χ1v) is 7.84. The van der Waals surface area contributed by atoms with Gasteiger partial charge in [-0.25, -0.2) is 0 Å². The van der Waals surface area contributed by atoms with Crippen molar-refractivity contribution in [1.82, 2.24) is 15.5 Å². The van der Waals surface area contributed by atoms with Crippen LogP contribution >= 0.6 is 0 Å². The van der Waals surface area contributed by atoms with E-state index in [1.54, 1.807) is 0 Å². The number of rotatable bonds is 4. The number of benzene rings is 1. The molecule has 21 heavy (non-hydrogen) atoms. The van der Waals surface area contributed by atoms with E-state index in [9.17, 15) is 0 Å². The van der Waals surface area contributed by atoms with Gasteiger partial charge >= 0.3 is 0 Å². The summed E-state index contributed by atoms with van der Waals surface area (Å²) >= 11 is 0. The van der Waals surface area contributed by atoms with Crippen molar-refractivity contribution in [2.75, 3.05) is 6.54 Å². The summed E-state index contributed by atoms with van der Waals surface area (Å²) in [6.07, 6.45) is 3.20. The van der Waals surface area contributed by atoms with Gasteiger partial charge in [0.1, 0.15) is 0 Å². The third-order valence-electron chi connectivity index (χ3n) is 4.52. The standard InChI is InChI=1S/C17H23N3O/c1-4-17(10-5-11-18-17)16-19-15(20-21-16)14-8-6-13(7-9-14)12(2)3/h6-9,12,18H,4-5,10-11H2,1-3H3. The summed E-state index contributed by atoms with van der Waals surface area (Å²) < 4.78 is 5.55. The van der Waals surface area contributed by atoms with Crippen LogP contribution in [0.2, 0.25) is 0 Å². The lowest BCUT2D eigenvalue weighted by atomic mass is 9.94. The minimum atomic E-state index is -0.122. The quantitative estimate of drug-likeness (QED) is 0.927. The zero-order valence-corrected chi connectivity index (χ0v) is 13.0. The molecule has 1 N–H and O–H groups in total. The third-order valence-corrected chi connectivity index (χ3v) is 4.52. The average molecular weight is 285 g/mol. The summed E-state index contributed by atoms with van der Waals surface area (Å²) in [6, 6.07) is 8.42. The van der Waals surface area contributed by atoms with Crippen LogP contribution in [0.3, 0.4) is 0 Å². The van der Waals surface area contributed by atoms with Crippen LogP contribution in [0.25, 0.3) is 11.4 Å². The van der Waals surface area contributed by atoms with Gasteiger partial charge in [-0.1, -0.05) is 50.2 Å². The molecule has 0 spiro atoms. The minimum Gasteiger partial charge on any atom is -0.337 e. The molecule has 1 unspecified atom stereocenters. The maximum Gasteiger partial charge on any atom is 0.247 e. The van der Waals surface area contributed by atoms with Gasteiger partial charge in [0.05, 0.1) is 5.54 Å². The second-order valence-electron chi connectivity index (χ2n) is 6.17. The largest absolute Gasteiger partial charge is 0.337 e. The normalized spacial score (nSPS) is 22.1. The molecule has 1 aliphatic rings. The van der Waals surface area contributed by atoms with Gasteiger partial charge in [0.15, 0.2) is 0 Å². The van der Waals surface area contributed by atoms with Crippen LogP contribution < -0.4 is 5.32 Å². The second kappa shape index (κ2) is 5.60. The molecule has 2 aromatic rings. The molecule has 1 fully saturated rings. The number of hydrogen-bond donors (Lipinski definition) is 1. The van der Waals surface area contributed by atoms with Gasteiger partial charge in [-0.15, -0.1) is 0 Å². The Morgan fingerprint density at radius 2 is 2.05 bits per heavy atom. The van der Waals surface area contributed by atoms with Crippen LogP contribution in [0.1, 0.15) is 57.4 Å². The van der Waals surface area contributed by atoms with Crippen LogP contribution in [0, 0.1) is 0 Å². The van der Waals surface area contributed by atoms with Gasteiger partial charge in [0, 0.05) is 5.56 Å². The van der Waals surface area contributed by atoms with E-state index < -0.39 is 0 Å². The Morgan fingerprint density at radius 1 is 1.29 bits per heavy atom. The van der Waals surface area contributed by atoms with Crippen molar-refractivity contribution in [3.63, 3.8) is 0 Å². The predicted octanol–water partition coefficient (Wildman–Crippen LogP) is 3.85. The highest BCUT2D eigenvalue weighted by molar-refractivity contribution is 5.55. The molecule has 0 radical (unpaired) electrons. The summed E-state index contributed by atoms with van der Waals surface area (Å²) in [5, 5.41) is 7.70. The Bertz CT molecular complexity index is 595. The van der Waals surface area contributed by atoms with Crippen molar-refractivity contribution < 1.29 is 4.52 Å². The summed E-state index contributed by atoms with van der Waals surface area (Å²) in [7, 11) is 0. The Labute approximate surface area is 126 Å². The lowest BCUT2D eigenvalue weighted by Crippen LogP contribution is -2.36. The number of nitrogens with one attached hydrogen (secondary N) is 1. The van der Waals surface area contributed by atoms with Crippen molar-refractivity contribution in [1.29, 1.82) is 0 Å². The van der Waals surface area contributed by atoms with E-state index in [0.29, 0.717) is 11.7 Å². The lowest BCUT2D eigenvalue weighted by Gasteiger charge is -2.22. The first-order valence-electron chi connectivity index (χ1n) is 7.84. The zero-order chi connectivity index (χ0) is 14.9. The molecule has 1 saturated heterocycles. The van der Waals surface area contributed by atoms with E-state index in [4.69, 9.17) is 4.52 Å². The average Bonchev–Trinajstić information content (AvgIpc) is 3.17. The third kappa shape index (κ3) is 2.60. The first-order chi connectivity index (χ1) is 10.1. The predicted molar refractivity (Wildman–Crippen MR) is 83.0 cm³/mol. The number of nitrogens with zero attached hydrogens (tertiary/aromatic N) is 2. The molecule has 0 amide bonds. The van der Waals surface area contributed by atoms with Gasteiger partial charge in [-0.3, -0.25) is 0 Å². The van der Waals surface area contributed by atoms with Crippen molar-refractivity contribution in [3.8, 4) is 11.4 Å². The second-order valence-corrected chi connectivity index (χ2v) is 6.17. The highest BCUT2D eigenvalue weighted by Gasteiger charge is 2.38. The SMILES string of the molecule is CCC1(c2nc(-c3ccc(C(C)C)cc3)no2)CCCN1. The lowest BCUT2D eigenvalue weighted by molar-refractivity contribution is 0.250. The zero-order valence-electron chi connectivity index (χ0n) is 13.0. The van der Waals surface area contributed by atoms with Crippen LogP contribution in [0.15, 0.2) is 28.8 Å². The van der Waals surface area contributed by atoms with E-state index in [0.717, 1.165) is 37.3 Å². The van der Waals surface area contributed by atoms with Gasteiger partial charge < -0.3 is 9.84 Å². The van der Waals surface area contributed by atoms with E-state index in [2.05, 4.69) is 60.5 Å². The molecule has 1 aromatic carbocycles. The van der Waals surface area contributed by atoms with E-state index in [1.807, 2.05) is 0 Å². The maximum absolute atomic E-state index is 5.55. The summed E-state index contributed by atoms with van der Waals surface area (Å²) in [4.78, 5) is 4.64. The van der Waals surface area contributed by atoms with Crippen molar-refractivity contribution in [2.24, 2.45) is 0 Å². The Hall–Kier alpha value is -1.68. The molecule has 1 atom stereocenters. The molecule has 4 heteroatoms. The topological polar surface area (TPSA) is 51.0 Å². The number of hydrogen-bond acceptors (Lipinski definition) is 4. The minimum absolute atomic E-state index is 0.122. The van der Waals surface area contributed by atoms with E-state index in [-0.39, 0.29) is 5.54 Å². The summed E-state index contributed by atoms with van der Waals surface area (Å²) in [5.41, 5.74) is 2.21. The van der Waals surface area contributed by atoms with Gasteiger partial charge in [-0.05, 0) is 37.3 Å². The van der Waals surface area contributed by atoms with E-state index >= 15 is 0 Å². The van der Waals surface area contributed by atoms with Gasteiger partial charge in [-0.2, -0.15) is 4.98 Å². The van der Waals surface area contributed by atoms with Crippen LogP contribution in [0.5, 0.6) is 0 Å². The van der Waals surface area contributed by atoms with Gasteiger partial charge in [0.25, 0.3) is 0 Å². The smallest absolute Gasteiger partial charge is 0.247 e. The monoisotopic (exact) mass is 285 g/mol. The molecule has 0 saturated carbocycles. The molecule has 0 bridgehead atoms. The molecular weight excluding hydrogens is 262 g/mol. The summed E-state index contributed by atoms with van der Waals surface area (Å²) in [6.45, 7) is 7.57. The van der Waals surface area contributed by atoms with Crippen molar-refractivity contribution >= 4 is 0 Å². The van der Waals surface area contributed by atoms with Crippen LogP contribution in [-0.2, 0) is 5.54 Å². The molecule has 0 aliphatic carbocycles. The Morgan fingerprint density at radius 3 is 2.62 bits per heavy atom. The fourth-order valence-electron chi connectivity index (χ4n) is 2.99. The van der Waals surface area contributed by atoms with Crippen molar-refractivity contribution in [2.45, 2.75) is 51.5 Å². The fraction of sp³-hybridized carbons (Fsp3) is 0.529. The molecule has 2 heterocycles. The van der Waals surface area contributed by atoms with Crippen molar-refractivity contribution in [3.05, 3.63) is 35.7 Å². The fourth-order valence-corrected chi connectivity index (χ4v) is 2.99. The van der Waals surface area contributed by atoms with Crippen LogP contribution in [0.4, 0.5) is 0 Å². The Balaban J connectivity index is 1.87. The molecule has 1 aliphatic heterocycles. The van der Waals surface area contributed by atoms with Gasteiger partial charge in [0.2, 0.25) is 11.7 Å². The molecular formula is C17H23N3O. The molecule has 3 rings (SSSR count). The first kappa shape index (κ1) is 14.3. The van der Waals surface area contributed by atoms with E-state index in [1.165, 1.54) is 5.56 Å². The Kier molecular flexibility index (Phi) is 3.81. The molecule has 1 aromatic heterocycles. The maximum atomic E-state index is 5.55. The molecule has 112 valence electrons.